The van der Waals surface area contributed by atoms with E-state index in [2.05, 4.69) is 27.0 Å². The van der Waals surface area contributed by atoms with Gasteiger partial charge in [-0.15, -0.1) is 4.98 Å². The molecule has 0 aliphatic carbocycles. The van der Waals surface area contributed by atoms with Gasteiger partial charge in [0.1, 0.15) is 0 Å². The maximum absolute atomic E-state index is 5.60. The lowest BCUT2D eigenvalue weighted by molar-refractivity contribution is 0.219. The Balaban J connectivity index is 2.13. The van der Waals surface area contributed by atoms with Gasteiger partial charge in [0, 0.05) is 6.54 Å². The van der Waals surface area contributed by atoms with Gasteiger partial charge in [0.05, 0.1) is 18.5 Å². The number of ether oxygens (including phenoxy) is 2. The summed E-state index contributed by atoms with van der Waals surface area (Å²) in [5.41, 5.74) is 5.60. The Bertz CT molecular complexity index is 569. The van der Waals surface area contributed by atoms with Crippen molar-refractivity contribution in [1.29, 1.82) is 0 Å². The molecule has 0 fully saturated rings. The largest absolute Gasteiger partial charge is 0.461 e. The molecule has 108 valence electrons. The van der Waals surface area contributed by atoms with Crippen LogP contribution >= 0.6 is 0 Å². The van der Waals surface area contributed by atoms with E-state index in [0.717, 1.165) is 13.0 Å². The second-order valence-electron chi connectivity index (χ2n) is 4.47. The predicted molar refractivity (Wildman–Crippen MR) is 72.6 cm³/mol. The van der Waals surface area contributed by atoms with E-state index in [1.54, 1.807) is 17.1 Å². The molecule has 0 aliphatic rings. The molecule has 0 atom stereocenters. The molecule has 2 heterocycles. The summed E-state index contributed by atoms with van der Waals surface area (Å²) in [4.78, 5) is 11.8. The van der Waals surface area contributed by atoms with Crippen molar-refractivity contribution in [1.82, 2.24) is 24.7 Å². The fourth-order valence-electron chi connectivity index (χ4n) is 1.52. The van der Waals surface area contributed by atoms with E-state index in [4.69, 9.17) is 15.2 Å². The van der Waals surface area contributed by atoms with Crippen molar-refractivity contribution in [3.8, 4) is 17.8 Å². The quantitative estimate of drug-likeness (QED) is 0.857. The second kappa shape index (κ2) is 6.18. The van der Waals surface area contributed by atoms with Crippen LogP contribution in [0.5, 0.6) is 17.8 Å². The molecular formula is C12H18N6O2. The fourth-order valence-corrected chi connectivity index (χ4v) is 1.52. The van der Waals surface area contributed by atoms with Crippen LogP contribution in [-0.4, -0.2) is 30.8 Å². The second-order valence-corrected chi connectivity index (χ2v) is 4.47. The zero-order valence-corrected chi connectivity index (χ0v) is 11.8. The molecule has 8 nitrogen and oxygen atoms in total. The minimum absolute atomic E-state index is 0.0478. The van der Waals surface area contributed by atoms with Crippen LogP contribution in [0.4, 0.5) is 5.95 Å². The number of nitrogens with zero attached hydrogens (tertiary/aromatic N) is 5. The normalized spacial score (nSPS) is 10.8. The molecule has 2 rings (SSSR count). The van der Waals surface area contributed by atoms with Crippen molar-refractivity contribution in [2.45, 2.75) is 39.8 Å². The Morgan fingerprint density at radius 2 is 2.00 bits per heavy atom. The van der Waals surface area contributed by atoms with Crippen molar-refractivity contribution in [3.63, 3.8) is 0 Å². The lowest BCUT2D eigenvalue weighted by Gasteiger charge is -2.08. The first kappa shape index (κ1) is 14.0. The average molecular weight is 278 g/mol. The zero-order chi connectivity index (χ0) is 14.5. The number of aryl methyl sites for hydroxylation is 1. The van der Waals surface area contributed by atoms with Gasteiger partial charge in [-0.25, -0.2) is 0 Å². The number of rotatable bonds is 6. The minimum Gasteiger partial charge on any atom is -0.461 e. The van der Waals surface area contributed by atoms with Crippen LogP contribution in [0, 0.1) is 0 Å². The summed E-state index contributed by atoms with van der Waals surface area (Å²) in [6.07, 6.45) is 4.30. The maximum atomic E-state index is 5.60. The average Bonchev–Trinajstić information content (AvgIpc) is 2.75. The highest BCUT2D eigenvalue weighted by molar-refractivity contribution is 5.24. The van der Waals surface area contributed by atoms with E-state index in [1.807, 2.05) is 13.8 Å². The Morgan fingerprint density at radius 1 is 1.25 bits per heavy atom. The first-order chi connectivity index (χ1) is 9.56. The third-order valence-electron chi connectivity index (χ3n) is 2.22. The minimum atomic E-state index is -0.0584. The van der Waals surface area contributed by atoms with Crippen molar-refractivity contribution in [2.24, 2.45) is 0 Å². The van der Waals surface area contributed by atoms with Crippen molar-refractivity contribution >= 4 is 5.95 Å². The zero-order valence-electron chi connectivity index (χ0n) is 11.8. The number of nitrogens with two attached hydrogens (primary N) is 1. The molecule has 2 N–H and O–H groups in total. The maximum Gasteiger partial charge on any atom is 0.330 e. The van der Waals surface area contributed by atoms with E-state index >= 15 is 0 Å². The summed E-state index contributed by atoms with van der Waals surface area (Å²) in [7, 11) is 0. The van der Waals surface area contributed by atoms with Gasteiger partial charge in [-0.1, -0.05) is 6.92 Å². The third-order valence-corrected chi connectivity index (χ3v) is 2.22. The van der Waals surface area contributed by atoms with Crippen LogP contribution in [0.25, 0.3) is 0 Å². The smallest absolute Gasteiger partial charge is 0.330 e. The highest BCUT2D eigenvalue weighted by Crippen LogP contribution is 2.19. The first-order valence-corrected chi connectivity index (χ1v) is 6.45. The molecule has 0 aliphatic heterocycles. The molecule has 0 saturated heterocycles. The molecular weight excluding hydrogens is 260 g/mol. The number of nitrogen functional groups attached to an aromatic ring is 1. The molecule has 2 aromatic heterocycles. The molecule has 0 aromatic carbocycles. The van der Waals surface area contributed by atoms with Crippen LogP contribution in [0.2, 0.25) is 0 Å². The van der Waals surface area contributed by atoms with E-state index in [0.29, 0.717) is 5.75 Å². The van der Waals surface area contributed by atoms with E-state index in [9.17, 15) is 0 Å². The van der Waals surface area contributed by atoms with Crippen LogP contribution < -0.4 is 15.2 Å². The van der Waals surface area contributed by atoms with Gasteiger partial charge in [-0.3, -0.25) is 4.68 Å². The van der Waals surface area contributed by atoms with E-state index < -0.39 is 0 Å². The topological polar surface area (TPSA) is 101 Å². The number of anilines is 1. The fraction of sp³-hybridized carbons (Fsp3) is 0.500. The molecule has 0 amide bonds. The highest BCUT2D eigenvalue weighted by Gasteiger charge is 2.10. The molecule has 0 saturated carbocycles. The molecule has 0 bridgehead atoms. The Hall–Kier alpha value is -2.38. The van der Waals surface area contributed by atoms with Crippen molar-refractivity contribution < 1.29 is 9.47 Å². The summed E-state index contributed by atoms with van der Waals surface area (Å²) >= 11 is 0. The molecule has 0 radical (unpaired) electrons. The molecule has 0 spiro atoms. The monoisotopic (exact) mass is 278 g/mol. The lowest BCUT2D eigenvalue weighted by Crippen LogP contribution is -2.10. The summed E-state index contributed by atoms with van der Waals surface area (Å²) in [6.45, 7) is 6.64. The molecule has 20 heavy (non-hydrogen) atoms. The standard InChI is InChI=1S/C12H18N6O2/c1-4-5-18-7-9(6-14-18)20-12-16-10(13)15-11(17-12)19-8(2)3/h6-8H,4-5H2,1-3H3,(H2,13,15,16,17). The van der Waals surface area contributed by atoms with Crippen LogP contribution in [0.3, 0.4) is 0 Å². The van der Waals surface area contributed by atoms with E-state index in [1.165, 1.54) is 0 Å². The number of hydrogen-bond acceptors (Lipinski definition) is 7. The van der Waals surface area contributed by atoms with Crippen LogP contribution in [-0.2, 0) is 6.54 Å². The molecule has 8 heteroatoms. The summed E-state index contributed by atoms with van der Waals surface area (Å²) < 4.78 is 12.7. The van der Waals surface area contributed by atoms with Gasteiger partial charge in [0.25, 0.3) is 0 Å². The summed E-state index contributed by atoms with van der Waals surface area (Å²) in [5.74, 6) is 0.589. The van der Waals surface area contributed by atoms with Gasteiger partial charge in [0.2, 0.25) is 5.95 Å². The van der Waals surface area contributed by atoms with E-state index in [-0.39, 0.29) is 24.1 Å². The summed E-state index contributed by atoms with van der Waals surface area (Å²) in [5, 5.41) is 4.15. The van der Waals surface area contributed by atoms with Gasteiger partial charge in [-0.05, 0) is 20.3 Å². The van der Waals surface area contributed by atoms with Gasteiger partial charge < -0.3 is 15.2 Å². The van der Waals surface area contributed by atoms with Gasteiger partial charge in [-0.2, -0.15) is 15.1 Å². The number of hydrogen-bond donors (Lipinski definition) is 1. The SMILES string of the molecule is CCCn1cc(Oc2nc(N)nc(OC(C)C)n2)cn1. The van der Waals surface area contributed by atoms with Crippen molar-refractivity contribution in [3.05, 3.63) is 12.4 Å². The first-order valence-electron chi connectivity index (χ1n) is 6.45. The van der Waals surface area contributed by atoms with Gasteiger partial charge >= 0.3 is 12.0 Å². The Labute approximate surface area is 117 Å². The molecule has 0 unspecified atom stereocenters. The third kappa shape index (κ3) is 3.81. The van der Waals surface area contributed by atoms with Gasteiger partial charge in [0.15, 0.2) is 5.75 Å². The van der Waals surface area contributed by atoms with Crippen molar-refractivity contribution in [2.75, 3.05) is 5.73 Å². The molecule has 2 aromatic rings. The number of aromatic nitrogens is 5. The Morgan fingerprint density at radius 3 is 2.70 bits per heavy atom. The highest BCUT2D eigenvalue weighted by atomic mass is 16.5. The van der Waals surface area contributed by atoms with Crippen LogP contribution in [0.15, 0.2) is 12.4 Å². The Kier molecular flexibility index (Phi) is 4.34. The van der Waals surface area contributed by atoms with Crippen LogP contribution in [0.1, 0.15) is 27.2 Å². The predicted octanol–water partition coefficient (Wildman–Crippen LogP) is 1.64. The summed E-state index contributed by atoms with van der Waals surface area (Å²) in [6, 6.07) is 0.229. The lowest BCUT2D eigenvalue weighted by atomic mass is 10.5.